The van der Waals surface area contributed by atoms with Crippen LogP contribution in [0.1, 0.15) is 24.2 Å². The fourth-order valence-electron chi connectivity index (χ4n) is 2.41. The van der Waals surface area contributed by atoms with Gasteiger partial charge in [0, 0.05) is 5.56 Å². The van der Waals surface area contributed by atoms with Crippen LogP contribution in [0, 0.1) is 5.92 Å². The number of anilines is 1. The van der Waals surface area contributed by atoms with E-state index in [2.05, 4.69) is 10.6 Å². The lowest BCUT2D eigenvalue weighted by atomic mass is 10.0. The summed E-state index contributed by atoms with van der Waals surface area (Å²) in [7, 11) is 0. The van der Waals surface area contributed by atoms with Crippen LogP contribution in [0.4, 0.5) is 18.9 Å². The van der Waals surface area contributed by atoms with Crippen molar-refractivity contribution in [2.45, 2.75) is 26.1 Å². The molecule has 8 heteroatoms. The van der Waals surface area contributed by atoms with Crippen LogP contribution in [0.5, 0.6) is 5.75 Å². The van der Waals surface area contributed by atoms with Gasteiger partial charge in [0.1, 0.15) is 11.8 Å². The molecular formula is C20H21F3N2O3. The first-order chi connectivity index (χ1) is 13.2. The van der Waals surface area contributed by atoms with E-state index in [-0.39, 0.29) is 17.4 Å². The van der Waals surface area contributed by atoms with Gasteiger partial charge in [0.2, 0.25) is 5.91 Å². The van der Waals surface area contributed by atoms with E-state index in [1.807, 2.05) is 0 Å². The molecule has 1 atom stereocenters. The van der Waals surface area contributed by atoms with Gasteiger partial charge < -0.3 is 15.4 Å². The van der Waals surface area contributed by atoms with Gasteiger partial charge in [-0.2, -0.15) is 13.2 Å². The van der Waals surface area contributed by atoms with Gasteiger partial charge in [0.15, 0.2) is 6.61 Å². The van der Waals surface area contributed by atoms with Gasteiger partial charge in [-0.15, -0.1) is 0 Å². The molecule has 2 rings (SSSR count). The Balaban J connectivity index is 2.11. The van der Waals surface area contributed by atoms with Crippen molar-refractivity contribution >= 4 is 17.5 Å². The summed E-state index contributed by atoms with van der Waals surface area (Å²) in [6, 6.07) is 13.3. The van der Waals surface area contributed by atoms with E-state index in [0.717, 1.165) is 0 Å². The summed E-state index contributed by atoms with van der Waals surface area (Å²) < 4.78 is 42.0. The monoisotopic (exact) mass is 394 g/mol. The average Bonchev–Trinajstić information content (AvgIpc) is 2.65. The number of halogens is 3. The Labute approximate surface area is 160 Å². The van der Waals surface area contributed by atoms with E-state index in [1.54, 1.807) is 50.2 Å². The van der Waals surface area contributed by atoms with Gasteiger partial charge in [-0.25, -0.2) is 0 Å². The molecule has 0 aliphatic carbocycles. The van der Waals surface area contributed by atoms with Gasteiger partial charge >= 0.3 is 6.18 Å². The van der Waals surface area contributed by atoms with Gasteiger partial charge in [-0.1, -0.05) is 44.2 Å². The SMILES string of the molecule is CC(C)[C@H](NC(=O)c1ccccc1)C(=O)Nc1ccccc1OCC(F)(F)F. The Bertz CT molecular complexity index is 808. The van der Waals surface area contributed by atoms with E-state index in [9.17, 15) is 22.8 Å². The number of hydrogen-bond donors (Lipinski definition) is 2. The molecule has 0 saturated heterocycles. The Morgan fingerprint density at radius 2 is 1.61 bits per heavy atom. The summed E-state index contributed by atoms with van der Waals surface area (Å²) in [5.74, 6) is -1.33. The van der Waals surface area contributed by atoms with Crippen molar-refractivity contribution in [2.24, 2.45) is 5.92 Å². The molecule has 2 aromatic rings. The zero-order valence-corrected chi connectivity index (χ0v) is 15.4. The van der Waals surface area contributed by atoms with E-state index in [0.29, 0.717) is 5.56 Å². The lowest BCUT2D eigenvalue weighted by molar-refractivity contribution is -0.153. The van der Waals surface area contributed by atoms with E-state index in [4.69, 9.17) is 4.74 Å². The molecule has 0 spiro atoms. The summed E-state index contributed by atoms with van der Waals surface area (Å²) in [4.78, 5) is 25.0. The second-order valence-electron chi connectivity index (χ2n) is 6.45. The van der Waals surface area contributed by atoms with Crippen molar-refractivity contribution in [1.29, 1.82) is 0 Å². The molecule has 0 bridgehead atoms. The molecule has 0 aliphatic rings. The molecule has 0 heterocycles. The minimum absolute atomic E-state index is 0.0939. The van der Waals surface area contributed by atoms with Gasteiger partial charge in [-0.05, 0) is 30.2 Å². The number of para-hydroxylation sites is 2. The quantitative estimate of drug-likeness (QED) is 0.745. The molecule has 2 amide bonds. The predicted octanol–water partition coefficient (Wildman–Crippen LogP) is 4.02. The van der Waals surface area contributed by atoms with Crippen molar-refractivity contribution in [3.63, 3.8) is 0 Å². The smallest absolute Gasteiger partial charge is 0.422 e. The van der Waals surface area contributed by atoms with Crippen molar-refractivity contribution in [3.05, 3.63) is 60.2 Å². The van der Waals surface area contributed by atoms with Gasteiger partial charge in [0.05, 0.1) is 5.69 Å². The molecule has 0 radical (unpaired) electrons. The van der Waals surface area contributed by atoms with E-state index >= 15 is 0 Å². The first-order valence-electron chi connectivity index (χ1n) is 8.62. The Morgan fingerprint density at radius 1 is 1.00 bits per heavy atom. The summed E-state index contributed by atoms with van der Waals surface area (Å²) >= 11 is 0. The molecule has 0 unspecified atom stereocenters. The van der Waals surface area contributed by atoms with Crippen LogP contribution in [0.25, 0.3) is 0 Å². The Hall–Kier alpha value is -3.03. The number of carbonyl (C=O) groups is 2. The summed E-state index contributed by atoms with van der Waals surface area (Å²) in [6.45, 7) is 2.03. The van der Waals surface area contributed by atoms with Crippen molar-refractivity contribution in [2.75, 3.05) is 11.9 Å². The highest BCUT2D eigenvalue weighted by molar-refractivity contribution is 6.01. The van der Waals surface area contributed by atoms with Gasteiger partial charge in [-0.3, -0.25) is 9.59 Å². The predicted molar refractivity (Wildman–Crippen MR) is 99.2 cm³/mol. The molecule has 0 fully saturated rings. The topological polar surface area (TPSA) is 67.4 Å². The Morgan fingerprint density at radius 3 is 2.21 bits per heavy atom. The average molecular weight is 394 g/mol. The van der Waals surface area contributed by atoms with E-state index in [1.165, 1.54) is 18.2 Å². The van der Waals surface area contributed by atoms with Crippen LogP contribution < -0.4 is 15.4 Å². The molecule has 0 aromatic heterocycles. The number of rotatable bonds is 7. The summed E-state index contributed by atoms with van der Waals surface area (Å²) in [5, 5.41) is 5.20. The number of alkyl halides is 3. The fourth-order valence-corrected chi connectivity index (χ4v) is 2.41. The number of ether oxygens (including phenoxy) is 1. The zero-order chi connectivity index (χ0) is 20.7. The first-order valence-corrected chi connectivity index (χ1v) is 8.62. The lowest BCUT2D eigenvalue weighted by Crippen LogP contribution is -2.47. The fraction of sp³-hybridized carbons (Fsp3) is 0.300. The van der Waals surface area contributed by atoms with Crippen LogP contribution in [0.2, 0.25) is 0 Å². The molecule has 0 saturated carbocycles. The molecule has 0 aliphatic heterocycles. The maximum Gasteiger partial charge on any atom is 0.422 e. The van der Waals surface area contributed by atoms with Crippen LogP contribution in [-0.2, 0) is 4.79 Å². The summed E-state index contributed by atoms with van der Waals surface area (Å²) in [5.41, 5.74) is 0.492. The lowest BCUT2D eigenvalue weighted by Gasteiger charge is -2.22. The van der Waals surface area contributed by atoms with Crippen molar-refractivity contribution in [3.8, 4) is 5.75 Å². The minimum Gasteiger partial charge on any atom is -0.482 e. The van der Waals surface area contributed by atoms with Crippen LogP contribution in [0.3, 0.4) is 0 Å². The van der Waals surface area contributed by atoms with Crippen LogP contribution in [-0.4, -0.2) is 30.6 Å². The molecule has 2 aromatic carbocycles. The second-order valence-corrected chi connectivity index (χ2v) is 6.45. The largest absolute Gasteiger partial charge is 0.482 e. The highest BCUT2D eigenvalue weighted by Crippen LogP contribution is 2.26. The van der Waals surface area contributed by atoms with Gasteiger partial charge in [0.25, 0.3) is 5.91 Å². The molecule has 2 N–H and O–H groups in total. The van der Waals surface area contributed by atoms with Crippen LogP contribution in [0.15, 0.2) is 54.6 Å². The number of amides is 2. The van der Waals surface area contributed by atoms with Crippen LogP contribution >= 0.6 is 0 Å². The zero-order valence-electron chi connectivity index (χ0n) is 15.4. The Kier molecular flexibility index (Phi) is 7.03. The second kappa shape index (κ2) is 9.25. The third-order valence-corrected chi connectivity index (χ3v) is 3.81. The maximum absolute atomic E-state index is 12.7. The van der Waals surface area contributed by atoms with Crippen molar-refractivity contribution < 1.29 is 27.5 Å². The number of hydrogen-bond acceptors (Lipinski definition) is 3. The van der Waals surface area contributed by atoms with Crippen molar-refractivity contribution in [1.82, 2.24) is 5.32 Å². The first kappa shape index (κ1) is 21.3. The summed E-state index contributed by atoms with van der Waals surface area (Å²) in [6.07, 6.45) is -4.50. The normalized spacial score (nSPS) is 12.4. The highest BCUT2D eigenvalue weighted by atomic mass is 19.4. The highest BCUT2D eigenvalue weighted by Gasteiger charge is 2.29. The minimum atomic E-state index is -4.50. The molecule has 28 heavy (non-hydrogen) atoms. The third-order valence-electron chi connectivity index (χ3n) is 3.81. The maximum atomic E-state index is 12.7. The number of carbonyl (C=O) groups excluding carboxylic acids is 2. The standard InChI is InChI=1S/C20H21F3N2O3/c1-13(2)17(25-18(26)14-8-4-3-5-9-14)19(27)24-15-10-6-7-11-16(15)28-12-20(21,22)23/h3-11,13,17H,12H2,1-2H3,(H,24,27)(H,25,26)/t17-/m0/s1. The molecule has 5 nitrogen and oxygen atoms in total. The molecular weight excluding hydrogens is 373 g/mol. The number of benzene rings is 2. The molecule has 150 valence electrons. The number of nitrogens with one attached hydrogen (secondary N) is 2. The third kappa shape index (κ3) is 6.29. The van der Waals surface area contributed by atoms with E-state index < -0.39 is 30.6 Å².